The topological polar surface area (TPSA) is 102 Å². The summed E-state index contributed by atoms with van der Waals surface area (Å²) in [4.78, 5) is 35.7. The van der Waals surface area contributed by atoms with Crippen LogP contribution in [0.3, 0.4) is 0 Å². The summed E-state index contributed by atoms with van der Waals surface area (Å²) in [6.07, 6.45) is -1.88. The van der Waals surface area contributed by atoms with Gasteiger partial charge in [0, 0.05) is 11.5 Å². The van der Waals surface area contributed by atoms with Crippen molar-refractivity contribution in [3.05, 3.63) is 12.2 Å². The van der Waals surface area contributed by atoms with Gasteiger partial charge >= 0.3 is 18.4 Å². The lowest BCUT2D eigenvalue weighted by atomic mass is 9.86. The Morgan fingerprint density at radius 3 is 2.18 bits per heavy atom. The molecule has 4 unspecified atom stereocenters. The number of carbonyl (C=O) groups excluding carboxylic acids is 2. The van der Waals surface area contributed by atoms with Crippen LogP contribution in [0.25, 0.3) is 0 Å². The summed E-state index contributed by atoms with van der Waals surface area (Å²) >= 11 is 0. The molecule has 1 heterocycles. The molecule has 0 aromatic carbocycles. The average Bonchev–Trinajstić information content (AvgIpc) is 2.49. The van der Waals surface area contributed by atoms with Gasteiger partial charge in [-0.2, -0.15) is 0 Å². The van der Waals surface area contributed by atoms with Crippen molar-refractivity contribution in [1.29, 1.82) is 0 Å². The number of carboxylic acid groups (broad SMARTS) is 1. The summed E-state index contributed by atoms with van der Waals surface area (Å²) in [5.74, 6) is -0.240. The van der Waals surface area contributed by atoms with E-state index in [1.165, 1.54) is 4.90 Å². The van der Waals surface area contributed by atoms with Crippen LogP contribution in [-0.2, 0) is 14.2 Å². The Hall–Kier alpha value is -2.25. The third-order valence-corrected chi connectivity index (χ3v) is 3.65. The van der Waals surface area contributed by atoms with Crippen molar-refractivity contribution in [2.45, 2.75) is 51.5 Å². The summed E-state index contributed by atoms with van der Waals surface area (Å²) < 4.78 is 14.5. The molecule has 8 nitrogen and oxygen atoms in total. The lowest BCUT2D eigenvalue weighted by Crippen LogP contribution is -2.60. The zero-order chi connectivity index (χ0) is 16.7. The first kappa shape index (κ1) is 16.1. The molecule has 1 N–H and O–H groups in total. The smallest absolute Gasteiger partial charge is 0.465 e. The molecule has 1 amide bonds. The van der Waals surface area contributed by atoms with Gasteiger partial charge in [-0.05, 0) is 20.8 Å². The van der Waals surface area contributed by atoms with E-state index in [-0.39, 0.29) is 5.92 Å². The van der Waals surface area contributed by atoms with Crippen LogP contribution in [0.2, 0.25) is 0 Å². The number of amides is 1. The maximum absolute atomic E-state index is 11.6. The highest BCUT2D eigenvalue weighted by atomic mass is 16.8. The third kappa shape index (κ3) is 3.00. The molecule has 1 aliphatic carbocycles. The van der Waals surface area contributed by atoms with E-state index < -0.39 is 42.2 Å². The highest BCUT2D eigenvalue weighted by Crippen LogP contribution is 2.32. The second-order valence-electron chi connectivity index (χ2n) is 6.33. The van der Waals surface area contributed by atoms with Crippen LogP contribution in [0, 0.1) is 5.92 Å². The number of fused-ring (bicyclic) bond motifs is 1. The van der Waals surface area contributed by atoms with Crippen molar-refractivity contribution < 1.29 is 33.7 Å². The molecule has 22 heavy (non-hydrogen) atoms. The van der Waals surface area contributed by atoms with Gasteiger partial charge in [-0.15, -0.1) is 0 Å². The van der Waals surface area contributed by atoms with E-state index >= 15 is 0 Å². The molecular weight excluding hydrogens is 294 g/mol. The fraction of sp³-hybridized carbons (Fsp3) is 0.643. The van der Waals surface area contributed by atoms with E-state index in [1.807, 2.05) is 0 Å². The maximum Gasteiger partial charge on any atom is 0.519 e. The summed E-state index contributed by atoms with van der Waals surface area (Å²) in [7, 11) is 0. The predicted molar refractivity (Wildman–Crippen MR) is 73.3 cm³/mol. The molecule has 8 heteroatoms. The van der Waals surface area contributed by atoms with Crippen molar-refractivity contribution in [3.63, 3.8) is 0 Å². The minimum Gasteiger partial charge on any atom is -0.465 e. The van der Waals surface area contributed by atoms with Gasteiger partial charge in [-0.3, -0.25) is 4.90 Å². The zero-order valence-corrected chi connectivity index (χ0v) is 12.8. The number of ether oxygens (including phenoxy) is 3. The summed E-state index contributed by atoms with van der Waals surface area (Å²) in [5.41, 5.74) is -0.741. The molecule has 0 saturated carbocycles. The minimum atomic E-state index is -1.19. The van der Waals surface area contributed by atoms with E-state index in [0.717, 1.165) is 0 Å². The highest BCUT2D eigenvalue weighted by molar-refractivity contribution is 5.78. The van der Waals surface area contributed by atoms with Crippen LogP contribution in [0.15, 0.2) is 12.2 Å². The van der Waals surface area contributed by atoms with Crippen LogP contribution in [0.5, 0.6) is 0 Å². The second-order valence-corrected chi connectivity index (χ2v) is 6.33. The number of hydrogen-bond acceptors (Lipinski definition) is 6. The summed E-state index contributed by atoms with van der Waals surface area (Å²) in [5, 5.41) is 9.52. The first-order valence-electron chi connectivity index (χ1n) is 6.91. The Morgan fingerprint density at radius 2 is 1.68 bits per heavy atom. The number of rotatable bonds is 1. The molecule has 2 aliphatic rings. The number of carbonyl (C=O) groups is 3. The maximum atomic E-state index is 11.6. The fourth-order valence-electron chi connectivity index (χ4n) is 2.75. The van der Waals surface area contributed by atoms with Crippen molar-refractivity contribution >= 4 is 18.4 Å². The lowest BCUT2D eigenvalue weighted by Gasteiger charge is -2.44. The van der Waals surface area contributed by atoms with Gasteiger partial charge in [0.05, 0.1) is 6.04 Å². The molecule has 1 fully saturated rings. The van der Waals surface area contributed by atoms with E-state index in [9.17, 15) is 19.5 Å². The Bertz CT molecular complexity index is 522. The van der Waals surface area contributed by atoms with Gasteiger partial charge in [0.25, 0.3) is 0 Å². The molecular formula is C14H19NO7. The Balaban J connectivity index is 2.42. The van der Waals surface area contributed by atoms with Gasteiger partial charge in [0.2, 0.25) is 0 Å². The van der Waals surface area contributed by atoms with Crippen LogP contribution >= 0.6 is 0 Å². The summed E-state index contributed by atoms with van der Waals surface area (Å²) in [6.45, 7) is 6.95. The molecule has 0 aromatic rings. The van der Waals surface area contributed by atoms with Crippen LogP contribution in [-0.4, -0.2) is 52.2 Å². The van der Waals surface area contributed by atoms with Crippen molar-refractivity contribution in [1.82, 2.24) is 4.90 Å². The molecule has 0 bridgehead atoms. The second kappa shape index (κ2) is 5.51. The molecule has 1 saturated heterocycles. The molecule has 0 aromatic heterocycles. The van der Waals surface area contributed by atoms with Gasteiger partial charge < -0.3 is 19.3 Å². The normalized spacial score (nSPS) is 31.3. The molecule has 0 spiro atoms. The lowest BCUT2D eigenvalue weighted by molar-refractivity contribution is -0.0547. The SMILES string of the molecule is CC1C=CC(N(C(=O)O)C(C)(C)C)C2OC(=O)OC(=O)OC12. The van der Waals surface area contributed by atoms with E-state index in [4.69, 9.17) is 9.47 Å². The first-order valence-corrected chi connectivity index (χ1v) is 6.91. The predicted octanol–water partition coefficient (Wildman–Crippen LogP) is 2.38. The quantitative estimate of drug-likeness (QED) is 0.450. The van der Waals surface area contributed by atoms with Gasteiger partial charge in [-0.1, -0.05) is 19.1 Å². The summed E-state index contributed by atoms with van der Waals surface area (Å²) in [6, 6.07) is -0.780. The standard InChI is InChI=1S/C14H19NO7/c1-7-5-6-8(15(11(16)17)14(2,3)4)10-9(7)20-12(18)22-13(19)21-10/h5-10H,1-4H3,(H,16,17). The average molecular weight is 313 g/mol. The Morgan fingerprint density at radius 1 is 1.14 bits per heavy atom. The van der Waals surface area contributed by atoms with Crippen molar-refractivity contribution in [2.75, 3.05) is 0 Å². The first-order chi connectivity index (χ1) is 10.1. The van der Waals surface area contributed by atoms with Gasteiger partial charge in [-0.25, -0.2) is 14.4 Å². The monoisotopic (exact) mass is 313 g/mol. The number of hydrogen-bond donors (Lipinski definition) is 1. The minimum absolute atomic E-state index is 0.240. The van der Waals surface area contributed by atoms with Crippen molar-refractivity contribution in [3.8, 4) is 0 Å². The van der Waals surface area contributed by atoms with E-state index in [1.54, 1.807) is 39.8 Å². The number of cyclic esters (lactones) is 2. The van der Waals surface area contributed by atoms with Crippen molar-refractivity contribution in [2.24, 2.45) is 5.92 Å². The largest absolute Gasteiger partial charge is 0.519 e. The Kier molecular flexibility index (Phi) is 4.04. The van der Waals surface area contributed by atoms with Gasteiger partial charge in [0.1, 0.15) is 0 Å². The Labute approximate surface area is 127 Å². The highest BCUT2D eigenvalue weighted by Gasteiger charge is 2.49. The molecule has 4 atom stereocenters. The molecule has 122 valence electrons. The van der Waals surface area contributed by atoms with Crippen LogP contribution < -0.4 is 0 Å². The third-order valence-electron chi connectivity index (χ3n) is 3.65. The molecule has 1 aliphatic heterocycles. The van der Waals surface area contributed by atoms with Crippen LogP contribution in [0.1, 0.15) is 27.7 Å². The molecule has 0 radical (unpaired) electrons. The van der Waals surface area contributed by atoms with E-state index in [2.05, 4.69) is 4.74 Å². The zero-order valence-electron chi connectivity index (χ0n) is 12.8. The van der Waals surface area contributed by atoms with E-state index in [0.29, 0.717) is 0 Å². The fourth-order valence-corrected chi connectivity index (χ4v) is 2.75. The van der Waals surface area contributed by atoms with Gasteiger partial charge in [0.15, 0.2) is 12.2 Å². The molecule has 2 rings (SSSR count). The number of nitrogens with zero attached hydrogens (tertiary/aromatic N) is 1. The van der Waals surface area contributed by atoms with Crippen LogP contribution in [0.4, 0.5) is 14.4 Å².